The maximum Gasteiger partial charge on any atom is 0.322 e. The minimum atomic E-state index is -3.71. The van der Waals surface area contributed by atoms with E-state index in [9.17, 15) is 13.2 Å². The number of piperidine rings is 1. The molecule has 2 aromatic rings. The first-order valence-electron chi connectivity index (χ1n) is 8.87. The van der Waals surface area contributed by atoms with Crippen molar-refractivity contribution in [3.8, 4) is 0 Å². The summed E-state index contributed by atoms with van der Waals surface area (Å²) in [6.07, 6.45) is 3.42. The number of nitrogens with zero attached hydrogens (tertiary/aromatic N) is 3. The zero-order valence-electron chi connectivity index (χ0n) is 14.5. The number of hydrogen-bond donors (Lipinski definition) is 1. The van der Waals surface area contributed by atoms with Crippen LogP contribution >= 0.6 is 11.3 Å². The maximum atomic E-state index is 12.9. The van der Waals surface area contributed by atoms with E-state index in [4.69, 9.17) is 9.15 Å². The summed E-state index contributed by atoms with van der Waals surface area (Å²) in [5.74, 6) is -0.133. The van der Waals surface area contributed by atoms with Gasteiger partial charge in [0.05, 0.1) is 0 Å². The molecular formula is C16H20N4O5S2. The van der Waals surface area contributed by atoms with Gasteiger partial charge in [-0.1, -0.05) is 17.6 Å². The standard InChI is InChI=1S/C16H20N4O5S2/c21-14(17-16-19-18-15(25-16)12-6-3-9-24-12)11-5-1-2-8-20(11)27(22,23)13-7-4-10-26-13/h4,7,10-12H,1-3,5-6,8-9H2,(H,17,19,21). The third-order valence-electron chi connectivity index (χ3n) is 4.69. The van der Waals surface area contributed by atoms with Crippen molar-refractivity contribution in [2.45, 2.75) is 48.5 Å². The predicted molar refractivity (Wildman–Crippen MR) is 96.7 cm³/mol. The van der Waals surface area contributed by atoms with Gasteiger partial charge in [-0.3, -0.25) is 10.1 Å². The van der Waals surface area contributed by atoms with E-state index in [1.54, 1.807) is 17.5 Å². The van der Waals surface area contributed by atoms with Crippen molar-refractivity contribution >= 4 is 33.3 Å². The van der Waals surface area contributed by atoms with Crippen LogP contribution in [0.4, 0.5) is 6.01 Å². The molecule has 2 aromatic heterocycles. The van der Waals surface area contributed by atoms with Crippen LogP contribution in [0.3, 0.4) is 0 Å². The van der Waals surface area contributed by atoms with Crippen LogP contribution in [0, 0.1) is 0 Å². The van der Waals surface area contributed by atoms with Crippen molar-refractivity contribution in [3.63, 3.8) is 0 Å². The molecule has 2 aliphatic rings. The normalized spacial score (nSPS) is 24.1. The number of ether oxygens (including phenoxy) is 1. The van der Waals surface area contributed by atoms with Gasteiger partial charge in [-0.15, -0.1) is 16.4 Å². The molecule has 4 rings (SSSR count). The molecule has 2 atom stereocenters. The van der Waals surface area contributed by atoms with Gasteiger partial charge < -0.3 is 9.15 Å². The van der Waals surface area contributed by atoms with Gasteiger partial charge in [0.2, 0.25) is 11.8 Å². The third-order valence-corrected chi connectivity index (χ3v) is 7.97. The second-order valence-corrected chi connectivity index (χ2v) is 9.56. The zero-order chi connectivity index (χ0) is 18.9. The highest BCUT2D eigenvalue weighted by Crippen LogP contribution is 2.30. The lowest BCUT2D eigenvalue weighted by Gasteiger charge is -2.32. The number of sulfonamides is 1. The molecule has 1 N–H and O–H groups in total. The van der Waals surface area contributed by atoms with Crippen LogP contribution in [0.2, 0.25) is 0 Å². The van der Waals surface area contributed by atoms with Crippen LogP contribution in [0.25, 0.3) is 0 Å². The van der Waals surface area contributed by atoms with Crippen molar-refractivity contribution < 1.29 is 22.4 Å². The number of amides is 1. The van der Waals surface area contributed by atoms with Gasteiger partial charge in [0, 0.05) is 13.2 Å². The highest BCUT2D eigenvalue weighted by Gasteiger charge is 2.38. The Bertz CT molecular complexity index is 890. The van der Waals surface area contributed by atoms with Crippen molar-refractivity contribution in [3.05, 3.63) is 23.4 Å². The fourth-order valence-electron chi connectivity index (χ4n) is 3.36. The fourth-order valence-corrected chi connectivity index (χ4v) is 6.13. The Hall–Kier alpha value is -1.82. The largest absolute Gasteiger partial charge is 0.405 e. The molecule has 0 aliphatic carbocycles. The van der Waals surface area contributed by atoms with E-state index in [0.29, 0.717) is 25.5 Å². The van der Waals surface area contributed by atoms with E-state index in [1.165, 1.54) is 4.31 Å². The highest BCUT2D eigenvalue weighted by atomic mass is 32.2. The van der Waals surface area contributed by atoms with Crippen LogP contribution in [-0.4, -0.2) is 48.0 Å². The number of anilines is 1. The molecule has 2 unspecified atom stereocenters. The van der Waals surface area contributed by atoms with E-state index < -0.39 is 22.0 Å². The van der Waals surface area contributed by atoms with Gasteiger partial charge in [0.1, 0.15) is 16.4 Å². The lowest BCUT2D eigenvalue weighted by molar-refractivity contribution is -0.120. The van der Waals surface area contributed by atoms with Gasteiger partial charge in [0.15, 0.2) is 0 Å². The summed E-state index contributed by atoms with van der Waals surface area (Å²) >= 11 is 1.14. The average molecular weight is 412 g/mol. The molecule has 0 spiro atoms. The molecule has 11 heteroatoms. The van der Waals surface area contributed by atoms with Crippen molar-refractivity contribution in [2.24, 2.45) is 0 Å². The summed E-state index contributed by atoms with van der Waals surface area (Å²) in [5.41, 5.74) is 0. The fraction of sp³-hybridized carbons (Fsp3) is 0.562. The van der Waals surface area contributed by atoms with Crippen LogP contribution in [0.5, 0.6) is 0 Å². The number of carbonyl (C=O) groups excluding carboxylic acids is 1. The molecule has 0 radical (unpaired) electrons. The number of carbonyl (C=O) groups is 1. The van der Waals surface area contributed by atoms with E-state index >= 15 is 0 Å². The second-order valence-electron chi connectivity index (χ2n) is 6.50. The number of rotatable bonds is 5. The first kappa shape index (κ1) is 18.5. The van der Waals surface area contributed by atoms with E-state index in [1.807, 2.05) is 0 Å². The highest BCUT2D eigenvalue weighted by molar-refractivity contribution is 7.91. The quantitative estimate of drug-likeness (QED) is 0.800. The molecule has 0 saturated carbocycles. The van der Waals surface area contributed by atoms with Crippen LogP contribution < -0.4 is 5.32 Å². The smallest absolute Gasteiger partial charge is 0.322 e. The van der Waals surface area contributed by atoms with Crippen molar-refractivity contribution in [1.29, 1.82) is 0 Å². The molecule has 9 nitrogen and oxygen atoms in total. The Morgan fingerprint density at radius 2 is 2.15 bits per heavy atom. The Morgan fingerprint density at radius 1 is 1.26 bits per heavy atom. The molecule has 2 fully saturated rings. The lowest BCUT2D eigenvalue weighted by atomic mass is 10.0. The lowest BCUT2D eigenvalue weighted by Crippen LogP contribution is -2.49. The van der Waals surface area contributed by atoms with Crippen molar-refractivity contribution in [2.75, 3.05) is 18.5 Å². The second kappa shape index (κ2) is 7.66. The Morgan fingerprint density at radius 3 is 2.89 bits per heavy atom. The van der Waals surface area contributed by atoms with E-state index in [0.717, 1.165) is 37.0 Å². The topological polar surface area (TPSA) is 115 Å². The van der Waals surface area contributed by atoms with Gasteiger partial charge in [-0.05, 0) is 37.1 Å². The molecule has 1 amide bonds. The summed E-state index contributed by atoms with van der Waals surface area (Å²) in [4.78, 5) is 12.8. The molecule has 2 saturated heterocycles. The van der Waals surface area contributed by atoms with E-state index in [2.05, 4.69) is 15.5 Å². The number of nitrogens with one attached hydrogen (secondary N) is 1. The van der Waals surface area contributed by atoms with Crippen LogP contribution in [0.15, 0.2) is 26.1 Å². The molecule has 4 heterocycles. The first-order valence-corrected chi connectivity index (χ1v) is 11.2. The minimum Gasteiger partial charge on any atom is -0.405 e. The SMILES string of the molecule is O=C(Nc1nnc(C2CCCO2)o1)C1CCCCN1S(=O)(=O)c1cccs1. The molecule has 0 aromatic carbocycles. The number of aromatic nitrogens is 2. The summed E-state index contributed by atoms with van der Waals surface area (Å²) < 4.78 is 38.2. The molecule has 0 bridgehead atoms. The third kappa shape index (κ3) is 3.77. The number of thiophene rings is 1. The van der Waals surface area contributed by atoms with Gasteiger partial charge in [-0.25, -0.2) is 8.42 Å². The van der Waals surface area contributed by atoms with Crippen molar-refractivity contribution in [1.82, 2.24) is 14.5 Å². The van der Waals surface area contributed by atoms with Gasteiger partial charge in [0.25, 0.3) is 10.0 Å². The summed E-state index contributed by atoms with van der Waals surface area (Å²) in [6.45, 7) is 0.954. The summed E-state index contributed by atoms with van der Waals surface area (Å²) in [5, 5.41) is 12.0. The van der Waals surface area contributed by atoms with E-state index in [-0.39, 0.29) is 16.3 Å². The van der Waals surface area contributed by atoms with Crippen LogP contribution in [0.1, 0.15) is 44.1 Å². The summed E-state index contributed by atoms with van der Waals surface area (Å²) in [7, 11) is -3.71. The average Bonchev–Trinajstić information content (AvgIpc) is 3.42. The minimum absolute atomic E-state index is 0.0375. The van der Waals surface area contributed by atoms with Gasteiger partial charge >= 0.3 is 6.01 Å². The zero-order valence-corrected chi connectivity index (χ0v) is 16.2. The Kier molecular flexibility index (Phi) is 5.26. The maximum absolute atomic E-state index is 12.9. The van der Waals surface area contributed by atoms with Crippen LogP contribution in [-0.2, 0) is 19.6 Å². The molecule has 2 aliphatic heterocycles. The molecular weight excluding hydrogens is 392 g/mol. The van der Waals surface area contributed by atoms with Gasteiger partial charge in [-0.2, -0.15) is 4.31 Å². The molecule has 27 heavy (non-hydrogen) atoms. The predicted octanol–water partition coefficient (Wildman–Crippen LogP) is 2.16. The summed E-state index contributed by atoms with van der Waals surface area (Å²) in [6, 6.07) is 2.39. The monoisotopic (exact) mass is 412 g/mol. The Labute approximate surface area is 160 Å². The molecule has 146 valence electrons. The Balaban J connectivity index is 1.49. The first-order chi connectivity index (χ1) is 13.1. The number of hydrogen-bond acceptors (Lipinski definition) is 8.